The summed E-state index contributed by atoms with van der Waals surface area (Å²) in [4.78, 5) is 37.6. The number of hydrogen-bond donors (Lipinski definition) is 1. The van der Waals surface area contributed by atoms with Gasteiger partial charge in [-0.15, -0.1) is 0 Å². The van der Waals surface area contributed by atoms with E-state index < -0.39 is 0 Å². The number of amides is 1. The van der Waals surface area contributed by atoms with Crippen molar-refractivity contribution in [2.45, 2.75) is 26.3 Å². The molecule has 0 spiro atoms. The number of hydrogen-bond acceptors (Lipinski definition) is 5. The molecule has 0 saturated heterocycles. The maximum Gasteiger partial charge on any atom is 0.255 e. The third kappa shape index (κ3) is 4.05. The Morgan fingerprint density at radius 2 is 2.17 bits per heavy atom. The first-order valence-corrected chi connectivity index (χ1v) is 7.69. The first kappa shape index (κ1) is 17.8. The third-order valence-electron chi connectivity index (χ3n) is 3.92. The number of carbonyl (C=O) groups is 1. The highest BCUT2D eigenvalue weighted by atomic mass is 16.5. The first-order valence-electron chi connectivity index (χ1n) is 7.69. The van der Waals surface area contributed by atoms with Crippen molar-refractivity contribution in [2.75, 3.05) is 20.8 Å². The van der Waals surface area contributed by atoms with Crippen molar-refractivity contribution in [3.05, 3.63) is 46.0 Å². The van der Waals surface area contributed by atoms with Crippen LogP contribution in [0.1, 0.15) is 18.2 Å². The molecule has 2 rings (SSSR count). The van der Waals surface area contributed by atoms with Crippen LogP contribution in [0.4, 0.5) is 0 Å². The van der Waals surface area contributed by atoms with Crippen molar-refractivity contribution in [2.24, 2.45) is 0 Å². The zero-order chi connectivity index (χ0) is 17.7. The molecule has 0 saturated carbocycles. The Kier molecular flexibility index (Phi) is 5.81. The summed E-state index contributed by atoms with van der Waals surface area (Å²) in [5.41, 5.74) is 1.17. The number of aromatic nitrogens is 3. The molecule has 0 radical (unpaired) electrons. The monoisotopic (exact) mass is 330 g/mol. The summed E-state index contributed by atoms with van der Waals surface area (Å²) in [6.45, 7) is 4.05. The standard InChI is InChI=1S/C17H22N4O3/c1-11(10-24-4)21(3)15(22)9-13-12(2)19-16(20-17(13)23)14-7-5-6-8-18-14/h5-8,11H,9-10H2,1-4H3,(H,19,20,23)/t11-/m0/s1. The Morgan fingerprint density at radius 3 is 2.75 bits per heavy atom. The Bertz CT molecular complexity index is 758. The van der Waals surface area contributed by atoms with E-state index in [1.54, 1.807) is 44.3 Å². The van der Waals surface area contributed by atoms with Crippen LogP contribution < -0.4 is 5.56 Å². The number of aryl methyl sites for hydroxylation is 1. The molecule has 0 aliphatic rings. The first-order chi connectivity index (χ1) is 11.4. The number of aromatic amines is 1. The van der Waals surface area contributed by atoms with E-state index in [9.17, 15) is 9.59 Å². The summed E-state index contributed by atoms with van der Waals surface area (Å²) in [7, 11) is 3.29. The Morgan fingerprint density at radius 1 is 1.42 bits per heavy atom. The minimum absolute atomic E-state index is 0.00121. The topological polar surface area (TPSA) is 88.2 Å². The van der Waals surface area contributed by atoms with Gasteiger partial charge in [0.15, 0.2) is 5.82 Å². The molecule has 0 aromatic carbocycles. The van der Waals surface area contributed by atoms with Crippen LogP contribution in [0.3, 0.4) is 0 Å². The van der Waals surface area contributed by atoms with Crippen molar-refractivity contribution in [1.29, 1.82) is 0 Å². The lowest BCUT2D eigenvalue weighted by Gasteiger charge is -2.24. The molecular weight excluding hydrogens is 308 g/mol. The van der Waals surface area contributed by atoms with Gasteiger partial charge in [-0.3, -0.25) is 14.6 Å². The predicted octanol–water partition coefficient (Wildman–Crippen LogP) is 1.18. The van der Waals surface area contributed by atoms with Crippen molar-refractivity contribution < 1.29 is 9.53 Å². The molecule has 7 nitrogen and oxygen atoms in total. The van der Waals surface area contributed by atoms with Gasteiger partial charge in [0.05, 0.1) is 19.1 Å². The number of methoxy groups -OCH3 is 1. The van der Waals surface area contributed by atoms with E-state index in [-0.39, 0.29) is 23.9 Å². The quantitative estimate of drug-likeness (QED) is 0.859. The number of rotatable bonds is 6. The maximum atomic E-state index is 12.4. The molecule has 1 atom stereocenters. The number of likely N-dealkylation sites (N-methyl/N-ethyl adjacent to an activating group) is 1. The fourth-order valence-corrected chi connectivity index (χ4v) is 2.32. The van der Waals surface area contributed by atoms with Gasteiger partial charge in [0.25, 0.3) is 5.56 Å². The highest BCUT2D eigenvalue weighted by molar-refractivity contribution is 5.79. The van der Waals surface area contributed by atoms with E-state index in [1.165, 1.54) is 0 Å². The summed E-state index contributed by atoms with van der Waals surface area (Å²) < 4.78 is 5.06. The van der Waals surface area contributed by atoms with Gasteiger partial charge in [0, 0.05) is 31.6 Å². The second-order valence-corrected chi connectivity index (χ2v) is 5.68. The van der Waals surface area contributed by atoms with Crippen LogP contribution in [-0.4, -0.2) is 52.6 Å². The van der Waals surface area contributed by atoms with Crippen LogP contribution in [0.2, 0.25) is 0 Å². The molecule has 0 aliphatic carbocycles. The largest absolute Gasteiger partial charge is 0.383 e. The second-order valence-electron chi connectivity index (χ2n) is 5.68. The number of H-pyrrole nitrogens is 1. The summed E-state index contributed by atoms with van der Waals surface area (Å²) in [6, 6.07) is 5.31. The minimum Gasteiger partial charge on any atom is -0.383 e. The summed E-state index contributed by atoms with van der Waals surface area (Å²) in [6.07, 6.45) is 1.63. The predicted molar refractivity (Wildman–Crippen MR) is 90.6 cm³/mol. The molecule has 2 heterocycles. The number of nitrogens with one attached hydrogen (secondary N) is 1. The van der Waals surface area contributed by atoms with Crippen molar-refractivity contribution in [3.8, 4) is 11.5 Å². The lowest BCUT2D eigenvalue weighted by molar-refractivity contribution is -0.131. The summed E-state index contributed by atoms with van der Waals surface area (Å²) >= 11 is 0. The van der Waals surface area contributed by atoms with E-state index in [0.717, 1.165) is 0 Å². The molecule has 128 valence electrons. The summed E-state index contributed by atoms with van der Waals surface area (Å²) in [5.74, 6) is 0.246. The zero-order valence-electron chi connectivity index (χ0n) is 14.4. The Balaban J connectivity index is 2.23. The van der Waals surface area contributed by atoms with Gasteiger partial charge in [-0.05, 0) is 26.0 Å². The summed E-state index contributed by atoms with van der Waals surface area (Å²) in [5, 5.41) is 0. The highest BCUT2D eigenvalue weighted by Crippen LogP contribution is 2.12. The molecule has 1 amide bonds. The lowest BCUT2D eigenvalue weighted by atomic mass is 10.1. The van der Waals surface area contributed by atoms with E-state index in [4.69, 9.17) is 4.74 Å². The molecule has 0 bridgehead atoms. The van der Waals surface area contributed by atoms with Gasteiger partial charge in [0.2, 0.25) is 5.91 Å². The van der Waals surface area contributed by atoms with Crippen molar-refractivity contribution in [3.63, 3.8) is 0 Å². The number of nitrogens with zero attached hydrogens (tertiary/aromatic N) is 3. The molecule has 0 fully saturated rings. The van der Waals surface area contributed by atoms with Crippen LogP contribution in [0.15, 0.2) is 29.2 Å². The molecule has 2 aromatic rings. The highest BCUT2D eigenvalue weighted by Gasteiger charge is 2.19. The van der Waals surface area contributed by atoms with Crippen molar-refractivity contribution >= 4 is 5.91 Å². The van der Waals surface area contributed by atoms with E-state index in [2.05, 4.69) is 15.0 Å². The van der Waals surface area contributed by atoms with Crippen LogP contribution in [-0.2, 0) is 16.0 Å². The average molecular weight is 330 g/mol. The number of pyridine rings is 1. The fourth-order valence-electron chi connectivity index (χ4n) is 2.32. The van der Waals surface area contributed by atoms with Gasteiger partial charge in [0.1, 0.15) is 5.69 Å². The smallest absolute Gasteiger partial charge is 0.255 e. The van der Waals surface area contributed by atoms with Crippen LogP contribution in [0.5, 0.6) is 0 Å². The second kappa shape index (κ2) is 7.83. The normalized spacial score (nSPS) is 12.0. The van der Waals surface area contributed by atoms with E-state index in [1.807, 2.05) is 13.0 Å². The number of ether oxygens (including phenoxy) is 1. The molecule has 2 aromatic heterocycles. The molecule has 1 N–H and O–H groups in total. The minimum atomic E-state index is -0.315. The van der Waals surface area contributed by atoms with Gasteiger partial charge in [-0.2, -0.15) is 0 Å². The maximum absolute atomic E-state index is 12.4. The SMILES string of the molecule is COC[C@H](C)N(C)C(=O)Cc1c(C)nc(-c2ccccn2)[nH]c1=O. The molecule has 0 aliphatic heterocycles. The Labute approximate surface area is 140 Å². The van der Waals surface area contributed by atoms with Crippen LogP contribution in [0.25, 0.3) is 11.5 Å². The third-order valence-corrected chi connectivity index (χ3v) is 3.92. The average Bonchev–Trinajstić information content (AvgIpc) is 2.58. The molecule has 0 unspecified atom stereocenters. The van der Waals surface area contributed by atoms with Gasteiger partial charge >= 0.3 is 0 Å². The van der Waals surface area contributed by atoms with Gasteiger partial charge in [-0.25, -0.2) is 4.98 Å². The van der Waals surface area contributed by atoms with Gasteiger partial charge < -0.3 is 14.6 Å². The van der Waals surface area contributed by atoms with Gasteiger partial charge in [-0.1, -0.05) is 6.07 Å². The molecule has 7 heteroatoms. The Hall–Kier alpha value is -2.54. The molecular formula is C17H22N4O3. The molecule has 24 heavy (non-hydrogen) atoms. The van der Waals surface area contributed by atoms with Crippen LogP contribution in [0, 0.1) is 6.92 Å². The van der Waals surface area contributed by atoms with Crippen molar-refractivity contribution in [1.82, 2.24) is 19.9 Å². The van der Waals surface area contributed by atoms with E-state index >= 15 is 0 Å². The van der Waals surface area contributed by atoms with Crippen LogP contribution >= 0.6 is 0 Å². The number of carbonyl (C=O) groups excluding carboxylic acids is 1. The lowest BCUT2D eigenvalue weighted by Crippen LogP contribution is -2.39. The fraction of sp³-hybridized carbons (Fsp3) is 0.412. The zero-order valence-corrected chi connectivity index (χ0v) is 14.4. The van der Waals surface area contributed by atoms with E-state index in [0.29, 0.717) is 29.4 Å².